The Kier molecular flexibility index (Phi) is 8.24. The first-order valence-electron chi connectivity index (χ1n) is 8.89. The average molecular weight is 395 g/mol. The third-order valence-electron chi connectivity index (χ3n) is 4.35. The van der Waals surface area contributed by atoms with Crippen molar-refractivity contribution in [2.75, 3.05) is 40.0 Å². The van der Waals surface area contributed by atoms with Crippen molar-refractivity contribution in [2.24, 2.45) is 0 Å². The van der Waals surface area contributed by atoms with Crippen molar-refractivity contribution < 1.29 is 38.8 Å². The maximum atomic E-state index is 9.47. The standard InChI is InChI=1S/C17H23NO4.C2H2O4/c1-20-16-10-14-4-8-22-17(14)11-13(16)3-7-21-9-6-18-5-2-15(19)12-18;3-1(4)2(5)6/h4,8,10-11,15,19H,2-3,5-7,9,12H2,1H3;(H,3,4)(H,5,6). The number of aliphatic hydroxyl groups excluding tert-OH is 1. The molecule has 0 aliphatic carbocycles. The number of methoxy groups -OCH3 is 1. The van der Waals surface area contributed by atoms with E-state index in [1.54, 1.807) is 13.4 Å². The van der Waals surface area contributed by atoms with Crippen LogP contribution in [-0.4, -0.2) is 78.2 Å². The fraction of sp³-hybridized carbons (Fsp3) is 0.474. The quantitative estimate of drug-likeness (QED) is 0.468. The summed E-state index contributed by atoms with van der Waals surface area (Å²) in [5.74, 6) is -2.77. The molecule has 0 radical (unpaired) electrons. The van der Waals surface area contributed by atoms with Crippen LogP contribution in [0.1, 0.15) is 12.0 Å². The number of carboxylic acids is 2. The lowest BCUT2D eigenvalue weighted by atomic mass is 10.1. The fourth-order valence-electron chi connectivity index (χ4n) is 2.91. The van der Waals surface area contributed by atoms with Gasteiger partial charge < -0.3 is 29.2 Å². The summed E-state index contributed by atoms with van der Waals surface area (Å²) in [6.45, 7) is 3.96. The molecule has 28 heavy (non-hydrogen) atoms. The summed E-state index contributed by atoms with van der Waals surface area (Å²) < 4.78 is 16.6. The largest absolute Gasteiger partial charge is 0.496 e. The van der Waals surface area contributed by atoms with E-state index in [2.05, 4.69) is 4.90 Å². The highest BCUT2D eigenvalue weighted by molar-refractivity contribution is 6.27. The minimum atomic E-state index is -1.82. The molecule has 2 aromatic rings. The molecule has 0 amide bonds. The molecule has 1 fully saturated rings. The Morgan fingerprint density at radius 3 is 2.61 bits per heavy atom. The third kappa shape index (κ3) is 6.52. The minimum absolute atomic E-state index is 0.163. The van der Waals surface area contributed by atoms with Gasteiger partial charge >= 0.3 is 11.9 Å². The molecule has 3 N–H and O–H groups in total. The second-order valence-corrected chi connectivity index (χ2v) is 6.34. The molecule has 1 aromatic heterocycles. The molecule has 1 atom stereocenters. The van der Waals surface area contributed by atoms with E-state index in [1.165, 1.54) is 0 Å². The van der Waals surface area contributed by atoms with Crippen molar-refractivity contribution in [2.45, 2.75) is 18.9 Å². The SMILES string of the molecule is COc1cc2ccoc2cc1CCOCCN1CCC(O)C1.O=C(O)C(=O)O. The maximum absolute atomic E-state index is 9.47. The molecular weight excluding hydrogens is 370 g/mol. The van der Waals surface area contributed by atoms with Crippen molar-refractivity contribution in [1.82, 2.24) is 4.90 Å². The van der Waals surface area contributed by atoms with Crippen LogP contribution in [0, 0.1) is 0 Å². The second kappa shape index (κ2) is 10.6. The van der Waals surface area contributed by atoms with Gasteiger partial charge in [0.2, 0.25) is 0 Å². The van der Waals surface area contributed by atoms with Gasteiger partial charge in [-0.2, -0.15) is 0 Å². The van der Waals surface area contributed by atoms with Crippen LogP contribution >= 0.6 is 0 Å². The van der Waals surface area contributed by atoms with E-state index in [4.69, 9.17) is 33.7 Å². The van der Waals surface area contributed by atoms with Gasteiger partial charge in [-0.3, -0.25) is 4.90 Å². The van der Waals surface area contributed by atoms with E-state index in [0.717, 1.165) is 54.8 Å². The van der Waals surface area contributed by atoms with Crippen molar-refractivity contribution >= 4 is 22.9 Å². The first-order valence-corrected chi connectivity index (χ1v) is 8.89. The first-order chi connectivity index (χ1) is 13.4. The number of fused-ring (bicyclic) bond motifs is 1. The van der Waals surface area contributed by atoms with E-state index in [9.17, 15) is 5.11 Å². The fourth-order valence-corrected chi connectivity index (χ4v) is 2.91. The van der Waals surface area contributed by atoms with E-state index >= 15 is 0 Å². The summed E-state index contributed by atoms with van der Waals surface area (Å²) in [7, 11) is 1.68. The number of likely N-dealkylation sites (tertiary alicyclic amines) is 1. The Bertz CT molecular complexity index is 775. The Labute approximate surface area is 162 Å². The smallest absolute Gasteiger partial charge is 0.414 e. The van der Waals surface area contributed by atoms with Gasteiger partial charge in [0.15, 0.2) is 0 Å². The average Bonchev–Trinajstić information content (AvgIpc) is 3.29. The number of furan rings is 1. The molecular formula is C19H25NO8. The summed E-state index contributed by atoms with van der Waals surface area (Å²) in [4.78, 5) is 20.4. The van der Waals surface area contributed by atoms with Crippen LogP contribution in [0.5, 0.6) is 5.75 Å². The monoisotopic (exact) mass is 395 g/mol. The number of rotatable bonds is 7. The van der Waals surface area contributed by atoms with E-state index in [0.29, 0.717) is 13.2 Å². The van der Waals surface area contributed by atoms with E-state index < -0.39 is 11.9 Å². The van der Waals surface area contributed by atoms with Crippen molar-refractivity contribution in [3.63, 3.8) is 0 Å². The molecule has 1 aliphatic rings. The number of hydrogen-bond donors (Lipinski definition) is 3. The molecule has 0 saturated carbocycles. The lowest BCUT2D eigenvalue weighted by Gasteiger charge is -2.15. The molecule has 3 rings (SSSR count). The van der Waals surface area contributed by atoms with Gasteiger partial charge in [0.05, 0.1) is 32.7 Å². The zero-order valence-corrected chi connectivity index (χ0v) is 15.7. The number of nitrogens with zero attached hydrogens (tertiary/aromatic N) is 1. The van der Waals surface area contributed by atoms with Crippen LogP contribution in [0.3, 0.4) is 0 Å². The minimum Gasteiger partial charge on any atom is -0.496 e. The van der Waals surface area contributed by atoms with Gasteiger partial charge in [0, 0.05) is 30.6 Å². The van der Waals surface area contributed by atoms with Gasteiger partial charge in [-0.05, 0) is 31.0 Å². The van der Waals surface area contributed by atoms with Crippen LogP contribution in [0.15, 0.2) is 28.9 Å². The van der Waals surface area contributed by atoms with Crippen LogP contribution in [-0.2, 0) is 20.7 Å². The van der Waals surface area contributed by atoms with Crippen LogP contribution in [0.2, 0.25) is 0 Å². The molecule has 1 aliphatic heterocycles. The molecule has 9 nitrogen and oxygen atoms in total. The van der Waals surface area contributed by atoms with Crippen LogP contribution < -0.4 is 4.74 Å². The Balaban J connectivity index is 0.000000409. The molecule has 0 bridgehead atoms. The molecule has 1 aromatic carbocycles. The summed E-state index contributed by atoms with van der Waals surface area (Å²) in [6, 6.07) is 5.96. The van der Waals surface area contributed by atoms with Gasteiger partial charge in [-0.1, -0.05) is 0 Å². The number of β-amino-alcohol motifs (C(OH)–C–C–N with tert-alkyl or cyclic N) is 1. The number of hydrogen-bond acceptors (Lipinski definition) is 7. The number of carboxylic acid groups (broad SMARTS) is 2. The predicted octanol–water partition coefficient (Wildman–Crippen LogP) is 1.22. The van der Waals surface area contributed by atoms with Gasteiger partial charge in [-0.25, -0.2) is 9.59 Å². The number of ether oxygens (including phenoxy) is 2. The summed E-state index contributed by atoms with van der Waals surface area (Å²) in [5, 5.41) is 25.3. The Morgan fingerprint density at radius 1 is 1.25 bits per heavy atom. The maximum Gasteiger partial charge on any atom is 0.414 e. The number of carbonyl (C=O) groups is 2. The summed E-state index contributed by atoms with van der Waals surface area (Å²) >= 11 is 0. The zero-order chi connectivity index (χ0) is 20.5. The van der Waals surface area contributed by atoms with Gasteiger partial charge in [0.1, 0.15) is 11.3 Å². The highest BCUT2D eigenvalue weighted by Gasteiger charge is 2.19. The summed E-state index contributed by atoms with van der Waals surface area (Å²) in [5.41, 5.74) is 1.98. The Hall–Kier alpha value is -2.62. The van der Waals surface area contributed by atoms with Crippen molar-refractivity contribution in [3.8, 4) is 5.75 Å². The zero-order valence-electron chi connectivity index (χ0n) is 15.7. The van der Waals surface area contributed by atoms with Gasteiger partial charge in [-0.15, -0.1) is 0 Å². The topological polar surface area (TPSA) is 130 Å². The normalized spacial score (nSPS) is 16.6. The molecule has 1 unspecified atom stereocenters. The Morgan fingerprint density at radius 2 is 2.00 bits per heavy atom. The number of aliphatic hydroxyl groups is 1. The van der Waals surface area contributed by atoms with Crippen LogP contribution in [0.4, 0.5) is 0 Å². The number of aliphatic carboxylic acids is 2. The highest BCUT2D eigenvalue weighted by atomic mass is 16.5. The molecule has 1 saturated heterocycles. The first kappa shape index (κ1) is 21.7. The van der Waals surface area contributed by atoms with Crippen molar-refractivity contribution in [1.29, 1.82) is 0 Å². The molecule has 154 valence electrons. The lowest BCUT2D eigenvalue weighted by molar-refractivity contribution is -0.159. The molecule has 9 heteroatoms. The summed E-state index contributed by atoms with van der Waals surface area (Å²) in [6.07, 6.45) is 3.20. The van der Waals surface area contributed by atoms with E-state index in [-0.39, 0.29) is 6.10 Å². The lowest BCUT2D eigenvalue weighted by Crippen LogP contribution is -2.26. The highest BCUT2D eigenvalue weighted by Crippen LogP contribution is 2.27. The number of benzene rings is 1. The van der Waals surface area contributed by atoms with Crippen molar-refractivity contribution in [3.05, 3.63) is 30.0 Å². The second-order valence-electron chi connectivity index (χ2n) is 6.34. The van der Waals surface area contributed by atoms with E-state index in [1.807, 2.05) is 18.2 Å². The predicted molar refractivity (Wildman–Crippen MR) is 99.6 cm³/mol. The van der Waals surface area contributed by atoms with Gasteiger partial charge in [0.25, 0.3) is 0 Å². The van der Waals surface area contributed by atoms with Crippen LogP contribution in [0.25, 0.3) is 11.0 Å². The molecule has 2 heterocycles. The third-order valence-corrected chi connectivity index (χ3v) is 4.35. The molecule has 0 spiro atoms.